The van der Waals surface area contributed by atoms with Gasteiger partial charge >= 0.3 is 0 Å². The van der Waals surface area contributed by atoms with Crippen LogP contribution >= 0.6 is 0 Å². The zero-order chi connectivity index (χ0) is 18.8. The Morgan fingerprint density at radius 1 is 1.37 bits per heavy atom. The number of nitrogens with one attached hydrogen (secondary N) is 1. The molecule has 1 aliphatic heterocycles. The van der Waals surface area contributed by atoms with Crippen LogP contribution in [0.15, 0.2) is 36.7 Å². The molecule has 3 aromatic rings. The van der Waals surface area contributed by atoms with Crippen LogP contribution in [0.3, 0.4) is 0 Å². The number of carbonyl (C=O) groups excluding carboxylic acids is 1. The maximum atomic E-state index is 12.2. The Balaban J connectivity index is 1.53. The molecule has 8 heteroatoms. The number of hydrogen-bond acceptors (Lipinski definition) is 6. The van der Waals surface area contributed by atoms with Crippen molar-refractivity contribution in [1.82, 2.24) is 24.9 Å². The summed E-state index contributed by atoms with van der Waals surface area (Å²) in [6.07, 6.45) is 2.93. The van der Waals surface area contributed by atoms with Gasteiger partial charge in [0.05, 0.1) is 18.8 Å². The fourth-order valence-electron chi connectivity index (χ4n) is 3.07. The average molecular weight is 367 g/mol. The van der Waals surface area contributed by atoms with Gasteiger partial charge < -0.3 is 14.8 Å². The molecule has 0 aliphatic carbocycles. The summed E-state index contributed by atoms with van der Waals surface area (Å²) in [4.78, 5) is 21.2. The Kier molecular flexibility index (Phi) is 4.72. The van der Waals surface area contributed by atoms with Crippen LogP contribution in [0.5, 0.6) is 5.75 Å². The predicted octanol–water partition coefficient (Wildman–Crippen LogP) is 2.16. The van der Waals surface area contributed by atoms with Gasteiger partial charge in [-0.3, -0.25) is 4.79 Å². The molecule has 2 atom stereocenters. The van der Waals surface area contributed by atoms with E-state index in [0.29, 0.717) is 18.1 Å². The first-order valence-electron chi connectivity index (χ1n) is 8.93. The molecule has 1 amide bonds. The van der Waals surface area contributed by atoms with Gasteiger partial charge in [0.15, 0.2) is 11.5 Å². The Morgan fingerprint density at radius 3 is 2.89 bits per heavy atom. The normalized spacial score (nSPS) is 17.8. The third-order valence-corrected chi connectivity index (χ3v) is 4.60. The fourth-order valence-corrected chi connectivity index (χ4v) is 3.07. The monoisotopic (exact) mass is 367 g/mol. The Hall–Kier alpha value is -3.00. The van der Waals surface area contributed by atoms with Crippen LogP contribution < -0.4 is 10.1 Å². The molecule has 0 bridgehead atoms. The van der Waals surface area contributed by atoms with Crippen molar-refractivity contribution in [1.29, 1.82) is 0 Å². The van der Waals surface area contributed by atoms with Crippen LogP contribution in [0, 0.1) is 0 Å². The van der Waals surface area contributed by atoms with Gasteiger partial charge in [0.25, 0.3) is 0 Å². The van der Waals surface area contributed by atoms with Gasteiger partial charge in [0.1, 0.15) is 18.2 Å². The molecule has 1 aromatic carbocycles. The lowest BCUT2D eigenvalue weighted by molar-refractivity contribution is -0.130. The van der Waals surface area contributed by atoms with E-state index >= 15 is 0 Å². The second-order valence-corrected chi connectivity index (χ2v) is 6.51. The van der Waals surface area contributed by atoms with E-state index in [4.69, 9.17) is 9.47 Å². The Morgan fingerprint density at radius 2 is 2.19 bits per heavy atom. The van der Waals surface area contributed by atoms with Crippen molar-refractivity contribution in [2.75, 3.05) is 13.7 Å². The van der Waals surface area contributed by atoms with Crippen molar-refractivity contribution in [2.24, 2.45) is 0 Å². The Bertz CT molecular complexity index is 948. The number of carbonyl (C=O) groups is 1. The highest BCUT2D eigenvalue weighted by atomic mass is 16.5. The SMILES string of the molecule is COc1ccc(-c2cc3nc([C@H](C)NC(=O)[C@H]4CCCO4)nn3cn2)cc1. The number of ether oxygens (including phenoxy) is 2. The summed E-state index contributed by atoms with van der Waals surface area (Å²) in [5.41, 5.74) is 2.42. The quantitative estimate of drug-likeness (QED) is 0.743. The van der Waals surface area contributed by atoms with Crippen molar-refractivity contribution in [2.45, 2.75) is 31.9 Å². The molecule has 140 valence electrons. The second-order valence-electron chi connectivity index (χ2n) is 6.51. The number of aromatic nitrogens is 4. The molecule has 0 radical (unpaired) electrons. The summed E-state index contributed by atoms with van der Waals surface area (Å²) >= 11 is 0. The minimum Gasteiger partial charge on any atom is -0.497 e. The molecule has 3 heterocycles. The van der Waals surface area contributed by atoms with Gasteiger partial charge in [0.2, 0.25) is 5.91 Å². The van der Waals surface area contributed by atoms with Crippen molar-refractivity contribution in [3.63, 3.8) is 0 Å². The lowest BCUT2D eigenvalue weighted by atomic mass is 10.1. The van der Waals surface area contributed by atoms with E-state index in [-0.39, 0.29) is 18.1 Å². The molecule has 0 unspecified atom stereocenters. The van der Waals surface area contributed by atoms with Gasteiger partial charge in [-0.05, 0) is 44.0 Å². The van der Waals surface area contributed by atoms with Crippen LogP contribution in [0.2, 0.25) is 0 Å². The number of nitrogens with zero attached hydrogens (tertiary/aromatic N) is 4. The summed E-state index contributed by atoms with van der Waals surface area (Å²) in [6, 6.07) is 9.22. The fraction of sp³-hybridized carbons (Fsp3) is 0.368. The van der Waals surface area contributed by atoms with Crippen molar-refractivity contribution in [3.8, 4) is 17.0 Å². The zero-order valence-corrected chi connectivity index (χ0v) is 15.3. The molecule has 1 N–H and O–H groups in total. The van der Waals surface area contributed by atoms with Crippen LogP contribution in [0.4, 0.5) is 0 Å². The van der Waals surface area contributed by atoms with Crippen LogP contribution in [0.1, 0.15) is 31.6 Å². The van der Waals surface area contributed by atoms with E-state index in [2.05, 4.69) is 20.4 Å². The summed E-state index contributed by atoms with van der Waals surface area (Å²) in [5.74, 6) is 1.21. The molecular weight excluding hydrogens is 346 g/mol. The summed E-state index contributed by atoms with van der Waals surface area (Å²) in [7, 11) is 1.63. The highest BCUT2D eigenvalue weighted by Crippen LogP contribution is 2.22. The highest BCUT2D eigenvalue weighted by molar-refractivity contribution is 5.81. The number of methoxy groups -OCH3 is 1. The average Bonchev–Trinajstić information content (AvgIpc) is 3.37. The number of fused-ring (bicyclic) bond motifs is 1. The van der Waals surface area contributed by atoms with Crippen molar-refractivity contribution < 1.29 is 14.3 Å². The highest BCUT2D eigenvalue weighted by Gasteiger charge is 2.26. The Labute approximate surface area is 156 Å². The molecule has 8 nitrogen and oxygen atoms in total. The minimum atomic E-state index is -0.368. The topological polar surface area (TPSA) is 90.6 Å². The van der Waals surface area contributed by atoms with E-state index in [0.717, 1.165) is 29.8 Å². The predicted molar refractivity (Wildman–Crippen MR) is 98.3 cm³/mol. The largest absolute Gasteiger partial charge is 0.497 e. The molecule has 4 rings (SSSR count). The van der Waals surface area contributed by atoms with E-state index in [9.17, 15) is 4.79 Å². The number of amides is 1. The maximum absolute atomic E-state index is 12.2. The molecular formula is C19H21N5O3. The maximum Gasteiger partial charge on any atom is 0.249 e. The molecule has 0 spiro atoms. The number of hydrogen-bond donors (Lipinski definition) is 1. The zero-order valence-electron chi connectivity index (χ0n) is 15.3. The van der Waals surface area contributed by atoms with E-state index in [1.54, 1.807) is 18.0 Å². The van der Waals surface area contributed by atoms with E-state index < -0.39 is 0 Å². The smallest absolute Gasteiger partial charge is 0.249 e. The van der Waals surface area contributed by atoms with E-state index in [1.165, 1.54) is 0 Å². The van der Waals surface area contributed by atoms with E-state index in [1.807, 2.05) is 37.3 Å². The lowest BCUT2D eigenvalue weighted by Gasteiger charge is -2.14. The third-order valence-electron chi connectivity index (χ3n) is 4.60. The van der Waals surface area contributed by atoms with Crippen LogP contribution in [-0.2, 0) is 9.53 Å². The lowest BCUT2D eigenvalue weighted by Crippen LogP contribution is -2.36. The number of benzene rings is 1. The summed E-state index contributed by atoms with van der Waals surface area (Å²) < 4.78 is 12.2. The summed E-state index contributed by atoms with van der Waals surface area (Å²) in [5, 5.41) is 7.34. The van der Waals surface area contributed by atoms with Crippen LogP contribution in [0.25, 0.3) is 16.9 Å². The first-order chi connectivity index (χ1) is 13.1. The van der Waals surface area contributed by atoms with Gasteiger partial charge in [-0.15, -0.1) is 5.10 Å². The third kappa shape index (κ3) is 3.61. The van der Waals surface area contributed by atoms with Crippen LogP contribution in [-0.4, -0.2) is 45.3 Å². The standard InChI is InChI=1S/C19H21N5O3/c1-12(21-19(25)16-4-3-9-27-16)18-22-17-10-15(20-11-24(17)23-18)13-5-7-14(26-2)8-6-13/h5-8,10-12,16H,3-4,9H2,1-2H3,(H,21,25)/t12-,16+/m0/s1. The minimum absolute atomic E-state index is 0.115. The molecule has 1 aliphatic rings. The van der Waals surface area contributed by atoms with Gasteiger partial charge in [0, 0.05) is 18.2 Å². The van der Waals surface area contributed by atoms with Gasteiger partial charge in [-0.25, -0.2) is 14.5 Å². The van der Waals surface area contributed by atoms with Gasteiger partial charge in [-0.1, -0.05) is 0 Å². The molecule has 2 aromatic heterocycles. The van der Waals surface area contributed by atoms with Gasteiger partial charge in [-0.2, -0.15) is 0 Å². The summed E-state index contributed by atoms with van der Waals surface area (Å²) in [6.45, 7) is 2.50. The number of rotatable bonds is 5. The van der Waals surface area contributed by atoms with Crippen molar-refractivity contribution >= 4 is 11.6 Å². The molecule has 0 saturated carbocycles. The molecule has 27 heavy (non-hydrogen) atoms. The molecule has 1 fully saturated rings. The van der Waals surface area contributed by atoms with Crippen molar-refractivity contribution in [3.05, 3.63) is 42.5 Å². The molecule has 1 saturated heterocycles. The first kappa shape index (κ1) is 17.4. The first-order valence-corrected chi connectivity index (χ1v) is 8.93. The second kappa shape index (κ2) is 7.32.